The standard InChI is InChI=1S/C21H26N2O3/c1-14-9-15(2)20-17(10-14)16(11-19(25)26-20)12-23-7-5-21(6-8-23)4-3-18(24)22-13-21/h9-11H,3-8,12-13H2,1-2H3,(H,22,24). The Kier molecular flexibility index (Phi) is 4.35. The van der Waals surface area contributed by atoms with Crippen molar-refractivity contribution in [2.75, 3.05) is 19.6 Å². The number of hydrogen-bond donors (Lipinski definition) is 1. The van der Waals surface area contributed by atoms with E-state index < -0.39 is 0 Å². The molecule has 0 atom stereocenters. The van der Waals surface area contributed by atoms with Crippen LogP contribution in [0.4, 0.5) is 0 Å². The van der Waals surface area contributed by atoms with E-state index in [1.165, 1.54) is 5.56 Å². The summed E-state index contributed by atoms with van der Waals surface area (Å²) in [5, 5.41) is 4.09. The minimum atomic E-state index is -0.275. The predicted octanol–water partition coefficient (Wildman–Crippen LogP) is 2.90. The van der Waals surface area contributed by atoms with Crippen molar-refractivity contribution in [2.45, 2.75) is 46.1 Å². The molecule has 4 rings (SSSR count). The van der Waals surface area contributed by atoms with Crippen LogP contribution in [0.25, 0.3) is 11.0 Å². The van der Waals surface area contributed by atoms with Gasteiger partial charge in [-0.25, -0.2) is 4.79 Å². The summed E-state index contributed by atoms with van der Waals surface area (Å²) in [5.74, 6) is 0.186. The Balaban J connectivity index is 1.54. The zero-order valence-electron chi connectivity index (χ0n) is 15.6. The monoisotopic (exact) mass is 354 g/mol. The van der Waals surface area contributed by atoms with Gasteiger partial charge < -0.3 is 9.73 Å². The summed E-state index contributed by atoms with van der Waals surface area (Å²) in [6.07, 6.45) is 3.86. The van der Waals surface area contributed by atoms with Gasteiger partial charge in [-0.15, -0.1) is 0 Å². The fourth-order valence-corrected chi connectivity index (χ4v) is 4.50. The highest BCUT2D eigenvalue weighted by molar-refractivity contribution is 5.83. The molecule has 5 nitrogen and oxygen atoms in total. The SMILES string of the molecule is Cc1cc(C)c2oc(=O)cc(CN3CCC4(CCC(=O)NC4)CC3)c2c1. The summed E-state index contributed by atoms with van der Waals surface area (Å²) >= 11 is 0. The highest BCUT2D eigenvalue weighted by atomic mass is 16.4. The molecule has 1 N–H and O–H groups in total. The zero-order chi connectivity index (χ0) is 18.3. The van der Waals surface area contributed by atoms with Gasteiger partial charge in [0.15, 0.2) is 0 Å². The lowest BCUT2D eigenvalue weighted by Crippen LogP contribution is -2.49. The second kappa shape index (κ2) is 6.54. The van der Waals surface area contributed by atoms with Gasteiger partial charge in [-0.2, -0.15) is 0 Å². The summed E-state index contributed by atoms with van der Waals surface area (Å²) in [4.78, 5) is 25.9. The lowest BCUT2D eigenvalue weighted by Gasteiger charge is -2.44. The summed E-state index contributed by atoms with van der Waals surface area (Å²) in [6, 6.07) is 5.81. The average molecular weight is 354 g/mol. The van der Waals surface area contributed by atoms with Gasteiger partial charge in [-0.05, 0) is 74.4 Å². The maximum atomic E-state index is 12.0. The third kappa shape index (κ3) is 3.28. The molecule has 0 aliphatic carbocycles. The van der Waals surface area contributed by atoms with Crippen LogP contribution >= 0.6 is 0 Å². The maximum absolute atomic E-state index is 12.0. The number of nitrogens with zero attached hydrogens (tertiary/aromatic N) is 1. The van der Waals surface area contributed by atoms with Crippen LogP contribution in [0.1, 0.15) is 42.4 Å². The van der Waals surface area contributed by atoms with Crippen LogP contribution in [0.5, 0.6) is 0 Å². The number of carbonyl (C=O) groups excluding carboxylic acids is 1. The van der Waals surface area contributed by atoms with E-state index in [-0.39, 0.29) is 16.9 Å². The Bertz CT molecular complexity index is 895. The average Bonchev–Trinajstić information content (AvgIpc) is 2.61. The summed E-state index contributed by atoms with van der Waals surface area (Å²) < 4.78 is 5.46. The second-order valence-electron chi connectivity index (χ2n) is 8.10. The molecular formula is C21H26N2O3. The number of benzene rings is 1. The summed E-state index contributed by atoms with van der Waals surface area (Å²) in [6.45, 7) is 7.65. The Morgan fingerprint density at radius 3 is 2.58 bits per heavy atom. The molecule has 26 heavy (non-hydrogen) atoms. The number of carbonyl (C=O) groups is 1. The summed E-state index contributed by atoms with van der Waals surface area (Å²) in [7, 11) is 0. The van der Waals surface area contributed by atoms with Gasteiger partial charge in [0.2, 0.25) is 5.91 Å². The molecular weight excluding hydrogens is 328 g/mol. The quantitative estimate of drug-likeness (QED) is 0.843. The van der Waals surface area contributed by atoms with E-state index in [0.717, 1.165) is 62.0 Å². The number of likely N-dealkylation sites (tertiary alicyclic amines) is 1. The molecule has 2 aliphatic heterocycles. The van der Waals surface area contributed by atoms with Crippen molar-refractivity contribution in [3.05, 3.63) is 45.3 Å². The third-order valence-electron chi connectivity index (χ3n) is 6.11. The van der Waals surface area contributed by atoms with E-state index in [4.69, 9.17) is 4.42 Å². The minimum absolute atomic E-state index is 0.186. The zero-order valence-corrected chi connectivity index (χ0v) is 15.6. The molecule has 3 heterocycles. The van der Waals surface area contributed by atoms with Crippen LogP contribution in [0.15, 0.2) is 27.4 Å². The van der Waals surface area contributed by atoms with Crippen LogP contribution in [0.3, 0.4) is 0 Å². The molecule has 1 aromatic heterocycles. The van der Waals surface area contributed by atoms with E-state index in [1.54, 1.807) is 6.07 Å². The lowest BCUT2D eigenvalue weighted by molar-refractivity contribution is -0.125. The Labute approximate surface area is 153 Å². The highest BCUT2D eigenvalue weighted by Crippen LogP contribution is 2.38. The maximum Gasteiger partial charge on any atom is 0.336 e. The van der Waals surface area contributed by atoms with Crippen molar-refractivity contribution in [1.82, 2.24) is 10.2 Å². The summed E-state index contributed by atoms with van der Waals surface area (Å²) in [5.41, 5.74) is 3.95. The van der Waals surface area contributed by atoms with Crippen molar-refractivity contribution in [3.63, 3.8) is 0 Å². The largest absolute Gasteiger partial charge is 0.422 e. The number of piperidine rings is 2. The molecule has 138 valence electrons. The van der Waals surface area contributed by atoms with E-state index in [2.05, 4.69) is 29.3 Å². The number of amides is 1. The fraction of sp³-hybridized carbons (Fsp3) is 0.524. The van der Waals surface area contributed by atoms with E-state index in [9.17, 15) is 9.59 Å². The van der Waals surface area contributed by atoms with Gasteiger partial charge in [0.25, 0.3) is 0 Å². The second-order valence-corrected chi connectivity index (χ2v) is 8.10. The topological polar surface area (TPSA) is 62.6 Å². The first-order valence-electron chi connectivity index (χ1n) is 9.47. The lowest BCUT2D eigenvalue weighted by atomic mass is 9.73. The predicted molar refractivity (Wildman–Crippen MR) is 101 cm³/mol. The van der Waals surface area contributed by atoms with Crippen LogP contribution in [-0.2, 0) is 11.3 Å². The number of aryl methyl sites for hydroxylation is 2. The van der Waals surface area contributed by atoms with Crippen LogP contribution in [0.2, 0.25) is 0 Å². The van der Waals surface area contributed by atoms with Gasteiger partial charge in [0.05, 0.1) is 0 Å². The normalized spacial score (nSPS) is 20.5. The van der Waals surface area contributed by atoms with Crippen molar-refractivity contribution < 1.29 is 9.21 Å². The number of fused-ring (bicyclic) bond motifs is 1. The molecule has 2 aromatic rings. The molecule has 2 fully saturated rings. The molecule has 1 spiro atoms. The van der Waals surface area contributed by atoms with Gasteiger partial charge in [-0.1, -0.05) is 6.07 Å². The van der Waals surface area contributed by atoms with Gasteiger partial charge in [0, 0.05) is 31.0 Å². The Hall–Kier alpha value is -2.14. The van der Waals surface area contributed by atoms with Gasteiger partial charge in [0.1, 0.15) is 5.58 Å². The first kappa shape index (κ1) is 17.3. The number of nitrogens with one attached hydrogen (secondary N) is 1. The molecule has 1 amide bonds. The van der Waals surface area contributed by atoms with Crippen LogP contribution in [0, 0.1) is 19.3 Å². The Morgan fingerprint density at radius 1 is 1.12 bits per heavy atom. The molecule has 2 saturated heterocycles. The fourth-order valence-electron chi connectivity index (χ4n) is 4.50. The van der Waals surface area contributed by atoms with Crippen molar-refractivity contribution >= 4 is 16.9 Å². The smallest absolute Gasteiger partial charge is 0.336 e. The molecule has 0 radical (unpaired) electrons. The van der Waals surface area contributed by atoms with Crippen LogP contribution < -0.4 is 10.9 Å². The molecule has 0 bridgehead atoms. The molecule has 1 aromatic carbocycles. The van der Waals surface area contributed by atoms with E-state index in [0.29, 0.717) is 12.0 Å². The molecule has 0 saturated carbocycles. The Morgan fingerprint density at radius 2 is 1.88 bits per heavy atom. The third-order valence-corrected chi connectivity index (χ3v) is 6.11. The first-order chi connectivity index (χ1) is 12.4. The van der Waals surface area contributed by atoms with Crippen LogP contribution in [-0.4, -0.2) is 30.4 Å². The first-order valence-corrected chi connectivity index (χ1v) is 9.47. The molecule has 0 unspecified atom stereocenters. The molecule has 5 heteroatoms. The van der Waals surface area contributed by atoms with Gasteiger partial charge in [-0.3, -0.25) is 9.69 Å². The molecule has 2 aliphatic rings. The number of rotatable bonds is 2. The van der Waals surface area contributed by atoms with E-state index >= 15 is 0 Å². The van der Waals surface area contributed by atoms with Gasteiger partial charge >= 0.3 is 5.63 Å². The van der Waals surface area contributed by atoms with Crippen molar-refractivity contribution in [3.8, 4) is 0 Å². The number of hydrogen-bond acceptors (Lipinski definition) is 4. The minimum Gasteiger partial charge on any atom is -0.422 e. The van der Waals surface area contributed by atoms with E-state index in [1.807, 2.05) is 6.92 Å². The van der Waals surface area contributed by atoms with Crippen molar-refractivity contribution in [1.29, 1.82) is 0 Å². The highest BCUT2D eigenvalue weighted by Gasteiger charge is 2.37. The van der Waals surface area contributed by atoms with Crippen molar-refractivity contribution in [2.24, 2.45) is 5.41 Å².